The summed E-state index contributed by atoms with van der Waals surface area (Å²) in [6, 6.07) is 2.09. The zero-order valence-corrected chi connectivity index (χ0v) is 11.0. The maximum absolute atomic E-state index is 4.17. The molecule has 1 fully saturated rings. The molecule has 1 N–H and O–H groups in total. The number of hydrogen-bond donors (Lipinski definition) is 1. The number of aryl methyl sites for hydroxylation is 1. The Morgan fingerprint density at radius 1 is 1.62 bits per heavy atom. The van der Waals surface area contributed by atoms with Gasteiger partial charge in [0.15, 0.2) is 0 Å². The number of aromatic nitrogens is 2. The molecule has 0 aliphatic carbocycles. The summed E-state index contributed by atoms with van der Waals surface area (Å²) in [6.07, 6.45) is 5.67. The van der Waals surface area contributed by atoms with Gasteiger partial charge in [-0.1, -0.05) is 0 Å². The Labute approximate surface area is 102 Å². The average molecular weight is 239 g/mol. The molecule has 1 aliphatic rings. The van der Waals surface area contributed by atoms with Gasteiger partial charge in [0, 0.05) is 43.2 Å². The van der Waals surface area contributed by atoms with Gasteiger partial charge in [-0.3, -0.25) is 4.68 Å². The van der Waals surface area contributed by atoms with E-state index in [9.17, 15) is 0 Å². The summed E-state index contributed by atoms with van der Waals surface area (Å²) in [5.74, 6) is 1.33. The molecule has 1 atom stereocenters. The molecule has 2 heterocycles. The van der Waals surface area contributed by atoms with Crippen molar-refractivity contribution >= 4 is 11.8 Å². The number of nitrogens with zero attached hydrogens (tertiary/aromatic N) is 2. The Balaban J connectivity index is 1.67. The highest BCUT2D eigenvalue weighted by molar-refractivity contribution is 8.00. The highest BCUT2D eigenvalue weighted by Crippen LogP contribution is 2.36. The van der Waals surface area contributed by atoms with Crippen molar-refractivity contribution in [1.82, 2.24) is 15.1 Å². The van der Waals surface area contributed by atoms with Crippen LogP contribution in [0.1, 0.15) is 25.5 Å². The van der Waals surface area contributed by atoms with Crippen molar-refractivity contribution in [2.45, 2.75) is 30.9 Å². The van der Waals surface area contributed by atoms with Gasteiger partial charge in [-0.25, -0.2) is 0 Å². The van der Waals surface area contributed by atoms with Crippen LogP contribution in [0.5, 0.6) is 0 Å². The van der Waals surface area contributed by atoms with E-state index in [2.05, 4.69) is 35.2 Å². The average Bonchev–Trinajstić information content (AvgIpc) is 2.84. The normalized spacial score (nSPS) is 25.1. The van der Waals surface area contributed by atoms with E-state index >= 15 is 0 Å². The van der Waals surface area contributed by atoms with Crippen LogP contribution in [0.2, 0.25) is 0 Å². The molecule has 16 heavy (non-hydrogen) atoms. The summed E-state index contributed by atoms with van der Waals surface area (Å²) in [5, 5.41) is 7.74. The lowest BCUT2D eigenvalue weighted by Gasteiger charge is -2.22. The summed E-state index contributed by atoms with van der Waals surface area (Å²) in [6.45, 7) is 4.56. The van der Waals surface area contributed by atoms with Crippen LogP contribution in [0.3, 0.4) is 0 Å². The second kappa shape index (κ2) is 5.23. The fourth-order valence-corrected chi connectivity index (χ4v) is 3.47. The number of hydrogen-bond acceptors (Lipinski definition) is 3. The van der Waals surface area contributed by atoms with Gasteiger partial charge in [0.25, 0.3) is 0 Å². The third kappa shape index (κ3) is 3.01. The largest absolute Gasteiger partial charge is 0.315 e. The van der Waals surface area contributed by atoms with Crippen molar-refractivity contribution in [3.05, 3.63) is 18.0 Å². The summed E-state index contributed by atoms with van der Waals surface area (Å²) in [7, 11) is 2.00. The van der Waals surface area contributed by atoms with E-state index in [1.165, 1.54) is 24.3 Å². The predicted octanol–water partition coefficient (Wildman–Crippen LogP) is 1.84. The molecule has 0 aromatic carbocycles. The Kier molecular flexibility index (Phi) is 3.92. The van der Waals surface area contributed by atoms with Crippen molar-refractivity contribution in [2.24, 2.45) is 7.05 Å². The highest BCUT2D eigenvalue weighted by Gasteiger charge is 2.28. The summed E-state index contributed by atoms with van der Waals surface area (Å²) < 4.78 is 2.43. The van der Waals surface area contributed by atoms with Crippen molar-refractivity contribution in [3.63, 3.8) is 0 Å². The number of nitrogens with one attached hydrogen (secondary N) is 1. The van der Waals surface area contributed by atoms with E-state index in [0.717, 1.165) is 19.5 Å². The third-order valence-corrected chi connectivity index (χ3v) is 4.82. The van der Waals surface area contributed by atoms with E-state index in [4.69, 9.17) is 0 Å². The molecule has 0 bridgehead atoms. The molecule has 1 unspecified atom stereocenters. The first-order valence-electron chi connectivity index (χ1n) is 6.01. The summed E-state index contributed by atoms with van der Waals surface area (Å²) in [4.78, 5) is 0. The van der Waals surface area contributed by atoms with Crippen LogP contribution < -0.4 is 5.32 Å². The molecule has 1 aliphatic heterocycles. The van der Waals surface area contributed by atoms with Crippen molar-refractivity contribution in [3.8, 4) is 0 Å². The topological polar surface area (TPSA) is 29.9 Å². The minimum absolute atomic E-state index is 0.479. The predicted molar refractivity (Wildman–Crippen MR) is 69.9 cm³/mol. The second-order valence-corrected chi connectivity index (χ2v) is 6.46. The lowest BCUT2D eigenvalue weighted by Crippen LogP contribution is -2.34. The minimum Gasteiger partial charge on any atom is -0.315 e. The van der Waals surface area contributed by atoms with Crippen LogP contribution in [0.15, 0.2) is 12.3 Å². The van der Waals surface area contributed by atoms with Crippen LogP contribution in [0.25, 0.3) is 0 Å². The second-order valence-electron chi connectivity index (χ2n) is 4.77. The van der Waals surface area contributed by atoms with Crippen molar-refractivity contribution in [2.75, 3.05) is 18.8 Å². The van der Waals surface area contributed by atoms with E-state index in [1.54, 1.807) is 0 Å². The van der Waals surface area contributed by atoms with Gasteiger partial charge in [-0.2, -0.15) is 16.9 Å². The van der Waals surface area contributed by atoms with Gasteiger partial charge in [-0.15, -0.1) is 0 Å². The number of rotatable bonds is 5. The molecule has 90 valence electrons. The molecular weight excluding hydrogens is 218 g/mol. The Bertz CT molecular complexity index is 329. The molecule has 1 aromatic heterocycles. The van der Waals surface area contributed by atoms with Crippen LogP contribution >= 0.6 is 11.8 Å². The monoisotopic (exact) mass is 239 g/mol. The third-order valence-electron chi connectivity index (χ3n) is 3.28. The summed E-state index contributed by atoms with van der Waals surface area (Å²) >= 11 is 2.12. The quantitative estimate of drug-likeness (QED) is 0.795. The molecule has 3 nitrogen and oxygen atoms in total. The standard InChI is InChI=1S/C12H21N3S/c1-12(6-3-9-16-12)10-13-7-4-11-5-8-14-15(11)2/h5,8,13H,3-4,6-7,9-10H2,1-2H3. The molecule has 4 heteroatoms. The Morgan fingerprint density at radius 2 is 2.50 bits per heavy atom. The smallest absolute Gasteiger partial charge is 0.0492 e. The molecular formula is C12H21N3S. The maximum Gasteiger partial charge on any atom is 0.0492 e. The fraction of sp³-hybridized carbons (Fsp3) is 0.750. The molecule has 0 amide bonds. The lowest BCUT2D eigenvalue weighted by atomic mass is 10.1. The van der Waals surface area contributed by atoms with E-state index < -0.39 is 0 Å². The minimum atomic E-state index is 0.479. The first-order chi connectivity index (χ1) is 7.70. The SMILES string of the molecule is Cn1nccc1CCNCC1(C)CCCS1. The van der Waals surface area contributed by atoms with Gasteiger partial charge in [0.1, 0.15) is 0 Å². The molecule has 0 saturated carbocycles. The first kappa shape index (κ1) is 12.0. The molecule has 0 spiro atoms. The number of thioether (sulfide) groups is 1. The fourth-order valence-electron chi connectivity index (χ4n) is 2.19. The van der Waals surface area contributed by atoms with Gasteiger partial charge in [-0.05, 0) is 31.6 Å². The summed E-state index contributed by atoms with van der Waals surface area (Å²) in [5.41, 5.74) is 1.30. The van der Waals surface area contributed by atoms with Crippen LogP contribution in [0.4, 0.5) is 0 Å². The zero-order chi connectivity index (χ0) is 11.4. The van der Waals surface area contributed by atoms with Crippen LogP contribution in [-0.4, -0.2) is 33.4 Å². The highest BCUT2D eigenvalue weighted by atomic mass is 32.2. The van der Waals surface area contributed by atoms with Crippen LogP contribution in [0, 0.1) is 0 Å². The first-order valence-corrected chi connectivity index (χ1v) is 7.00. The molecule has 2 rings (SSSR count). The van der Waals surface area contributed by atoms with Crippen LogP contribution in [-0.2, 0) is 13.5 Å². The van der Waals surface area contributed by atoms with Gasteiger partial charge >= 0.3 is 0 Å². The Morgan fingerprint density at radius 3 is 3.12 bits per heavy atom. The van der Waals surface area contributed by atoms with E-state index in [-0.39, 0.29) is 0 Å². The van der Waals surface area contributed by atoms with Gasteiger partial charge < -0.3 is 5.32 Å². The van der Waals surface area contributed by atoms with Crippen molar-refractivity contribution in [1.29, 1.82) is 0 Å². The van der Waals surface area contributed by atoms with E-state index in [0.29, 0.717) is 4.75 Å². The molecule has 0 radical (unpaired) electrons. The Hall–Kier alpha value is -0.480. The van der Waals surface area contributed by atoms with Crippen molar-refractivity contribution < 1.29 is 0 Å². The lowest BCUT2D eigenvalue weighted by molar-refractivity contribution is 0.534. The molecule has 1 saturated heterocycles. The van der Waals surface area contributed by atoms with Gasteiger partial charge in [0.2, 0.25) is 0 Å². The van der Waals surface area contributed by atoms with Gasteiger partial charge in [0.05, 0.1) is 0 Å². The zero-order valence-electron chi connectivity index (χ0n) is 10.2. The molecule has 1 aromatic rings. The maximum atomic E-state index is 4.17. The van der Waals surface area contributed by atoms with E-state index in [1.807, 2.05) is 17.9 Å².